The van der Waals surface area contributed by atoms with Gasteiger partial charge in [-0.05, 0) is 80.2 Å². The number of aromatic nitrogens is 2. The Balaban J connectivity index is 1.44. The molecule has 0 saturated carbocycles. The molecule has 7 heteroatoms. The zero-order valence-corrected chi connectivity index (χ0v) is 21.2. The molecule has 3 heterocycles. The highest BCUT2D eigenvalue weighted by molar-refractivity contribution is 7.80. The second-order valence-corrected chi connectivity index (χ2v) is 9.51. The van der Waals surface area contributed by atoms with Gasteiger partial charge in [0, 0.05) is 42.4 Å². The van der Waals surface area contributed by atoms with Gasteiger partial charge in [-0.1, -0.05) is 35.9 Å². The van der Waals surface area contributed by atoms with Crippen molar-refractivity contribution in [1.82, 2.24) is 19.8 Å². The fraction of sp³-hybridized carbons (Fsp3) is 0.207. The number of nitrogens with one attached hydrogen (secondary N) is 2. The minimum Gasteiger partial charge on any atom is -0.352 e. The molecule has 2 aromatic heterocycles. The zero-order chi connectivity index (χ0) is 25.1. The minimum atomic E-state index is -0.141. The minimum absolute atomic E-state index is 0.0456. The molecule has 2 N–H and O–H groups in total. The SMILES string of the molecule is Cc1ccc(NC(=O)CCN2C(=S)NC(c3ccccn3)C2c2cccn2-c2cccc(C)c2)cc1. The first kappa shape index (κ1) is 23.8. The maximum Gasteiger partial charge on any atom is 0.226 e. The lowest BCUT2D eigenvalue weighted by molar-refractivity contribution is -0.116. The van der Waals surface area contributed by atoms with Gasteiger partial charge in [-0.25, -0.2) is 0 Å². The molecule has 1 amide bonds. The number of aryl methyl sites for hydroxylation is 2. The van der Waals surface area contributed by atoms with Gasteiger partial charge in [-0.2, -0.15) is 0 Å². The van der Waals surface area contributed by atoms with E-state index < -0.39 is 0 Å². The summed E-state index contributed by atoms with van der Waals surface area (Å²) in [6, 6.07) is 26.1. The highest BCUT2D eigenvalue weighted by atomic mass is 32.1. The summed E-state index contributed by atoms with van der Waals surface area (Å²) in [5, 5.41) is 7.10. The van der Waals surface area contributed by atoms with Crippen LogP contribution in [0.3, 0.4) is 0 Å². The molecule has 0 aliphatic carbocycles. The van der Waals surface area contributed by atoms with E-state index in [-0.39, 0.29) is 18.0 Å². The van der Waals surface area contributed by atoms with Crippen LogP contribution in [-0.4, -0.2) is 32.0 Å². The molecule has 0 bridgehead atoms. The molecule has 1 aliphatic heterocycles. The Morgan fingerprint density at radius 3 is 2.58 bits per heavy atom. The van der Waals surface area contributed by atoms with Crippen molar-refractivity contribution < 1.29 is 4.79 Å². The van der Waals surface area contributed by atoms with E-state index in [0.717, 1.165) is 28.3 Å². The highest BCUT2D eigenvalue weighted by Crippen LogP contribution is 2.39. The Bertz CT molecular complexity index is 1370. The molecule has 0 radical (unpaired) electrons. The third kappa shape index (κ3) is 5.02. The number of pyridine rings is 1. The molecule has 2 atom stereocenters. The molecule has 6 nitrogen and oxygen atoms in total. The molecule has 1 fully saturated rings. The van der Waals surface area contributed by atoms with Gasteiger partial charge in [-0.15, -0.1) is 0 Å². The van der Waals surface area contributed by atoms with Crippen LogP contribution in [-0.2, 0) is 4.79 Å². The monoisotopic (exact) mass is 495 g/mol. The number of benzene rings is 2. The number of amides is 1. The van der Waals surface area contributed by atoms with Crippen molar-refractivity contribution in [2.24, 2.45) is 0 Å². The summed E-state index contributed by atoms with van der Waals surface area (Å²) in [5.74, 6) is -0.0456. The van der Waals surface area contributed by atoms with Crippen LogP contribution in [0, 0.1) is 13.8 Å². The Labute approximate surface area is 217 Å². The first-order valence-electron chi connectivity index (χ1n) is 12.1. The van der Waals surface area contributed by atoms with Crippen molar-refractivity contribution in [3.63, 3.8) is 0 Å². The second kappa shape index (κ2) is 10.3. The van der Waals surface area contributed by atoms with E-state index >= 15 is 0 Å². The predicted molar refractivity (Wildman–Crippen MR) is 147 cm³/mol. The summed E-state index contributed by atoms with van der Waals surface area (Å²) in [4.78, 5) is 19.6. The highest BCUT2D eigenvalue weighted by Gasteiger charge is 2.41. The van der Waals surface area contributed by atoms with Crippen LogP contribution >= 0.6 is 12.2 Å². The number of thiocarbonyl (C=S) groups is 1. The largest absolute Gasteiger partial charge is 0.352 e. The average molecular weight is 496 g/mol. The number of hydrogen-bond donors (Lipinski definition) is 2. The van der Waals surface area contributed by atoms with Crippen molar-refractivity contribution >= 4 is 28.9 Å². The van der Waals surface area contributed by atoms with Crippen LogP contribution in [0.2, 0.25) is 0 Å². The van der Waals surface area contributed by atoms with E-state index in [1.165, 1.54) is 5.56 Å². The summed E-state index contributed by atoms with van der Waals surface area (Å²) >= 11 is 5.79. The lowest BCUT2D eigenvalue weighted by atomic mass is 10.0. The molecule has 1 saturated heterocycles. The first-order valence-corrected chi connectivity index (χ1v) is 12.5. The third-order valence-electron chi connectivity index (χ3n) is 6.48. The number of carbonyl (C=O) groups is 1. The van der Waals surface area contributed by atoms with Crippen LogP contribution in [0.15, 0.2) is 91.3 Å². The Hall–Kier alpha value is -3.97. The summed E-state index contributed by atoms with van der Waals surface area (Å²) in [6.07, 6.45) is 4.18. The van der Waals surface area contributed by atoms with Gasteiger partial charge in [0.2, 0.25) is 5.91 Å². The van der Waals surface area contributed by atoms with Crippen LogP contribution in [0.5, 0.6) is 0 Å². The average Bonchev–Trinajstić information content (AvgIpc) is 3.49. The van der Waals surface area contributed by atoms with Gasteiger partial charge in [-0.3, -0.25) is 9.78 Å². The van der Waals surface area contributed by atoms with E-state index in [1.54, 1.807) is 6.20 Å². The van der Waals surface area contributed by atoms with Crippen molar-refractivity contribution in [3.05, 3.63) is 114 Å². The summed E-state index contributed by atoms with van der Waals surface area (Å²) in [7, 11) is 0. The second-order valence-electron chi connectivity index (χ2n) is 9.13. The standard InChI is InChI=1S/C29H29N5OS/c1-20-11-13-22(14-12-20)31-26(35)15-18-34-28(27(32-29(34)36)24-9-3-4-16-30-24)25-10-6-17-33(25)23-8-5-7-21(2)19-23/h3-14,16-17,19,27-28H,15,18H2,1-2H3,(H,31,35)(H,32,36). The van der Waals surface area contributed by atoms with Gasteiger partial charge in [0.1, 0.15) is 0 Å². The molecule has 1 aliphatic rings. The van der Waals surface area contributed by atoms with Gasteiger partial charge in [0.25, 0.3) is 0 Å². The number of hydrogen-bond acceptors (Lipinski definition) is 3. The fourth-order valence-electron chi connectivity index (χ4n) is 4.70. The van der Waals surface area contributed by atoms with Crippen LogP contribution in [0.1, 0.15) is 41.0 Å². The van der Waals surface area contributed by atoms with E-state index in [4.69, 9.17) is 12.2 Å². The quantitative estimate of drug-likeness (QED) is 0.332. The first-order chi connectivity index (χ1) is 17.5. The molecule has 2 aromatic carbocycles. The maximum atomic E-state index is 12.8. The van der Waals surface area contributed by atoms with E-state index in [1.807, 2.05) is 49.4 Å². The molecular weight excluding hydrogens is 466 g/mol. The molecule has 36 heavy (non-hydrogen) atoms. The lowest BCUT2D eigenvalue weighted by Gasteiger charge is -2.29. The number of anilines is 1. The van der Waals surface area contributed by atoms with Gasteiger partial charge < -0.3 is 20.1 Å². The molecular formula is C29H29N5OS. The summed E-state index contributed by atoms with van der Waals surface area (Å²) in [6.45, 7) is 4.60. The third-order valence-corrected chi connectivity index (χ3v) is 6.83. The van der Waals surface area contributed by atoms with E-state index in [2.05, 4.69) is 74.6 Å². The molecule has 5 rings (SSSR count). The maximum absolute atomic E-state index is 12.8. The summed E-state index contributed by atoms with van der Waals surface area (Å²) in [5.41, 5.74) is 6.23. The zero-order valence-electron chi connectivity index (χ0n) is 20.4. The smallest absolute Gasteiger partial charge is 0.226 e. The van der Waals surface area contributed by atoms with Crippen molar-refractivity contribution in [2.75, 3.05) is 11.9 Å². The predicted octanol–water partition coefficient (Wildman–Crippen LogP) is 5.49. The molecule has 2 unspecified atom stereocenters. The summed E-state index contributed by atoms with van der Waals surface area (Å²) < 4.78 is 2.20. The number of carbonyl (C=O) groups excluding carboxylic acids is 1. The Morgan fingerprint density at radius 2 is 1.83 bits per heavy atom. The van der Waals surface area contributed by atoms with E-state index in [0.29, 0.717) is 18.1 Å². The number of nitrogens with zero attached hydrogens (tertiary/aromatic N) is 3. The van der Waals surface area contributed by atoms with Gasteiger partial charge in [0.15, 0.2) is 5.11 Å². The fourth-order valence-corrected chi connectivity index (χ4v) is 5.03. The van der Waals surface area contributed by atoms with Crippen LogP contribution in [0.25, 0.3) is 5.69 Å². The van der Waals surface area contributed by atoms with Crippen molar-refractivity contribution in [2.45, 2.75) is 32.4 Å². The van der Waals surface area contributed by atoms with Gasteiger partial charge in [0.05, 0.1) is 17.8 Å². The number of rotatable bonds is 7. The van der Waals surface area contributed by atoms with E-state index in [9.17, 15) is 4.79 Å². The molecule has 182 valence electrons. The topological polar surface area (TPSA) is 62.2 Å². The van der Waals surface area contributed by atoms with Gasteiger partial charge >= 0.3 is 0 Å². The Morgan fingerprint density at radius 1 is 1.00 bits per heavy atom. The normalized spacial score (nSPS) is 17.2. The Kier molecular flexibility index (Phi) is 6.82. The molecule has 0 spiro atoms. The van der Waals surface area contributed by atoms with Crippen LogP contribution < -0.4 is 10.6 Å². The van der Waals surface area contributed by atoms with Crippen molar-refractivity contribution in [3.8, 4) is 5.69 Å². The molecule has 4 aromatic rings. The lowest BCUT2D eigenvalue weighted by Crippen LogP contribution is -2.33. The van der Waals surface area contributed by atoms with Crippen molar-refractivity contribution in [1.29, 1.82) is 0 Å². The van der Waals surface area contributed by atoms with Crippen LogP contribution in [0.4, 0.5) is 5.69 Å².